The number of benzene rings is 2. The lowest BCUT2D eigenvalue weighted by atomic mass is 9.88. The zero-order chi connectivity index (χ0) is 22.0. The lowest BCUT2D eigenvalue weighted by Gasteiger charge is -2.26. The van der Waals surface area contributed by atoms with E-state index in [0.717, 1.165) is 42.7 Å². The second-order valence-electron chi connectivity index (χ2n) is 8.01. The van der Waals surface area contributed by atoms with Gasteiger partial charge in [0.05, 0.1) is 24.8 Å². The molecule has 2 aromatic carbocycles. The van der Waals surface area contributed by atoms with Gasteiger partial charge in [-0.3, -0.25) is 4.79 Å². The largest absolute Gasteiger partial charge is 0.462 e. The molecule has 6 heteroatoms. The molecule has 6 nitrogen and oxygen atoms in total. The topological polar surface area (TPSA) is 64.2 Å². The summed E-state index contributed by atoms with van der Waals surface area (Å²) in [7, 11) is 0. The quantitative estimate of drug-likeness (QED) is 0.489. The Morgan fingerprint density at radius 3 is 2.77 bits per heavy atom. The zero-order valence-electron chi connectivity index (χ0n) is 18.5. The molecular weight excluding hydrogens is 390 g/mol. The summed E-state index contributed by atoms with van der Waals surface area (Å²) in [5.41, 5.74) is 4.92. The number of rotatable bonds is 6. The molecule has 31 heavy (non-hydrogen) atoms. The second kappa shape index (κ2) is 8.92. The van der Waals surface area contributed by atoms with Crippen molar-refractivity contribution in [3.8, 4) is 0 Å². The molecule has 0 bridgehead atoms. The number of aryl methyl sites for hydroxylation is 2. The number of hydrogen-bond acceptors (Lipinski definition) is 3. The Kier molecular flexibility index (Phi) is 6.07. The third kappa shape index (κ3) is 4.07. The fraction of sp³-hybridized carbons (Fsp3) is 0.400. The van der Waals surface area contributed by atoms with Gasteiger partial charge in [0.1, 0.15) is 0 Å². The number of carbonyl (C=O) groups is 2. The minimum atomic E-state index is -0.346. The van der Waals surface area contributed by atoms with Crippen molar-refractivity contribution in [2.45, 2.75) is 59.2 Å². The molecule has 162 valence electrons. The highest BCUT2D eigenvalue weighted by atomic mass is 16.5. The molecular formula is C25H30N3O3+. The first-order chi connectivity index (χ1) is 15.0. The van der Waals surface area contributed by atoms with Crippen LogP contribution in [0.15, 0.2) is 42.5 Å². The Labute approximate surface area is 182 Å². The van der Waals surface area contributed by atoms with Crippen LogP contribution in [-0.2, 0) is 29.0 Å². The predicted octanol–water partition coefficient (Wildman–Crippen LogP) is 3.63. The van der Waals surface area contributed by atoms with Gasteiger partial charge in [-0.25, -0.2) is 13.9 Å². The van der Waals surface area contributed by atoms with Crippen LogP contribution < -0.4 is 9.88 Å². The molecule has 3 aromatic rings. The molecule has 4 rings (SSSR count). The van der Waals surface area contributed by atoms with Crippen molar-refractivity contribution < 1.29 is 18.9 Å². The molecule has 0 spiro atoms. The van der Waals surface area contributed by atoms with Gasteiger partial charge in [-0.05, 0) is 56.4 Å². The van der Waals surface area contributed by atoms with Crippen molar-refractivity contribution in [3.63, 3.8) is 0 Å². The summed E-state index contributed by atoms with van der Waals surface area (Å²) in [6.45, 7) is 7.21. The van der Waals surface area contributed by atoms with E-state index in [-0.39, 0.29) is 24.5 Å². The lowest BCUT2D eigenvalue weighted by molar-refractivity contribution is -0.674. The average molecular weight is 421 g/mol. The van der Waals surface area contributed by atoms with Gasteiger partial charge >= 0.3 is 5.97 Å². The van der Waals surface area contributed by atoms with E-state index in [2.05, 4.69) is 35.0 Å². The van der Waals surface area contributed by atoms with Crippen LogP contribution in [0, 0.1) is 6.92 Å². The van der Waals surface area contributed by atoms with Gasteiger partial charge in [0.2, 0.25) is 0 Å². The van der Waals surface area contributed by atoms with Gasteiger partial charge < -0.3 is 10.1 Å². The summed E-state index contributed by atoms with van der Waals surface area (Å²) < 4.78 is 9.31. The maximum absolute atomic E-state index is 13.1. The van der Waals surface area contributed by atoms with E-state index in [1.165, 1.54) is 11.1 Å². The molecule has 1 aromatic heterocycles. The Hall–Kier alpha value is -3.15. The molecule has 0 aliphatic heterocycles. The van der Waals surface area contributed by atoms with Crippen molar-refractivity contribution in [2.75, 3.05) is 6.61 Å². The normalized spacial score (nSPS) is 15.5. The van der Waals surface area contributed by atoms with E-state index in [0.29, 0.717) is 12.2 Å². The molecule has 0 saturated carbocycles. The summed E-state index contributed by atoms with van der Waals surface area (Å²) in [5.74, 6) is 0.616. The van der Waals surface area contributed by atoms with Gasteiger partial charge in [-0.1, -0.05) is 24.3 Å². The van der Waals surface area contributed by atoms with E-state index in [4.69, 9.17) is 4.74 Å². The smallest absolute Gasteiger partial charge is 0.338 e. The number of aromatic nitrogens is 2. The number of esters is 1. The van der Waals surface area contributed by atoms with Crippen molar-refractivity contribution >= 4 is 22.9 Å². The van der Waals surface area contributed by atoms with Gasteiger partial charge in [-0.2, -0.15) is 0 Å². The molecule has 0 saturated heterocycles. The Bertz CT molecular complexity index is 1130. The predicted molar refractivity (Wildman–Crippen MR) is 119 cm³/mol. The zero-order valence-corrected chi connectivity index (χ0v) is 18.5. The number of amides is 1. The van der Waals surface area contributed by atoms with Crippen molar-refractivity contribution in [1.82, 2.24) is 9.88 Å². The fourth-order valence-electron chi connectivity index (χ4n) is 4.69. The number of ether oxygens (including phenoxy) is 1. The first kappa shape index (κ1) is 21.1. The molecule has 1 heterocycles. The number of hydrogen-bond donors (Lipinski definition) is 1. The molecule has 0 radical (unpaired) electrons. The van der Waals surface area contributed by atoms with Crippen LogP contribution in [-0.4, -0.2) is 23.1 Å². The van der Waals surface area contributed by atoms with Crippen LogP contribution in [0.25, 0.3) is 11.0 Å². The fourth-order valence-corrected chi connectivity index (χ4v) is 4.69. The van der Waals surface area contributed by atoms with Crippen molar-refractivity contribution in [1.29, 1.82) is 0 Å². The maximum Gasteiger partial charge on any atom is 0.338 e. The highest BCUT2D eigenvalue weighted by Gasteiger charge is 2.26. The van der Waals surface area contributed by atoms with Crippen LogP contribution >= 0.6 is 0 Å². The molecule has 1 aliphatic rings. The second-order valence-corrected chi connectivity index (χ2v) is 8.01. The number of carbonyl (C=O) groups excluding carboxylic acids is 2. The maximum atomic E-state index is 13.1. The number of nitrogens with zero attached hydrogens (tertiary/aromatic N) is 2. The summed E-state index contributed by atoms with van der Waals surface area (Å²) >= 11 is 0. The minimum Gasteiger partial charge on any atom is -0.462 e. The van der Waals surface area contributed by atoms with Crippen LogP contribution in [0.1, 0.15) is 60.0 Å². The Morgan fingerprint density at radius 2 is 2.00 bits per heavy atom. The van der Waals surface area contributed by atoms with E-state index in [1.807, 2.05) is 29.7 Å². The van der Waals surface area contributed by atoms with E-state index in [9.17, 15) is 9.59 Å². The van der Waals surface area contributed by atoms with Crippen LogP contribution in [0.2, 0.25) is 0 Å². The lowest BCUT2D eigenvalue weighted by Crippen LogP contribution is -2.37. The summed E-state index contributed by atoms with van der Waals surface area (Å²) in [6.07, 6.45) is 3.10. The molecule has 1 aliphatic carbocycles. The standard InChI is InChI=1S/C25H29N3O3/c1-4-27-17(3)28(23-15-19(13-14-22(23)27)25(30)31-5-2)16-24(29)26-21-12-8-10-18-9-6-7-11-20(18)21/h6-7,9,11,13-15,21H,4-5,8,10,12,16H2,1-3H3/p+1/t21-/m0/s1. The summed E-state index contributed by atoms with van der Waals surface area (Å²) in [5, 5.41) is 3.24. The summed E-state index contributed by atoms with van der Waals surface area (Å²) in [6, 6.07) is 14.0. The van der Waals surface area contributed by atoms with Gasteiger partial charge in [-0.15, -0.1) is 0 Å². The summed E-state index contributed by atoms with van der Waals surface area (Å²) in [4.78, 5) is 25.3. The monoisotopic (exact) mass is 420 g/mol. The molecule has 1 N–H and O–H groups in total. The van der Waals surface area contributed by atoms with E-state index >= 15 is 0 Å². The molecule has 0 unspecified atom stereocenters. The minimum absolute atomic E-state index is 0.0218. The van der Waals surface area contributed by atoms with Crippen LogP contribution in [0.5, 0.6) is 0 Å². The number of imidazole rings is 1. The first-order valence-electron chi connectivity index (χ1n) is 11.1. The number of fused-ring (bicyclic) bond motifs is 2. The van der Waals surface area contributed by atoms with Crippen LogP contribution in [0.3, 0.4) is 0 Å². The van der Waals surface area contributed by atoms with Crippen molar-refractivity contribution in [2.24, 2.45) is 0 Å². The highest BCUT2D eigenvalue weighted by Crippen LogP contribution is 2.29. The van der Waals surface area contributed by atoms with E-state index < -0.39 is 0 Å². The van der Waals surface area contributed by atoms with Crippen LogP contribution in [0.4, 0.5) is 0 Å². The Balaban J connectivity index is 1.63. The number of nitrogens with one attached hydrogen (secondary N) is 1. The highest BCUT2D eigenvalue weighted by molar-refractivity contribution is 5.93. The molecule has 0 fully saturated rings. The van der Waals surface area contributed by atoms with E-state index in [1.54, 1.807) is 13.0 Å². The van der Waals surface area contributed by atoms with Gasteiger partial charge in [0, 0.05) is 13.0 Å². The SMILES string of the molecule is CCOC(=O)c1ccc2c(c1)n(CC(=O)N[C@H]1CCCc3ccccc31)c(C)[n+]2CC. The van der Waals surface area contributed by atoms with Crippen molar-refractivity contribution in [3.05, 3.63) is 65.0 Å². The third-order valence-electron chi connectivity index (χ3n) is 6.17. The first-order valence-corrected chi connectivity index (χ1v) is 11.1. The molecule has 1 atom stereocenters. The molecule has 1 amide bonds. The third-order valence-corrected chi connectivity index (χ3v) is 6.17. The van der Waals surface area contributed by atoms with Gasteiger partial charge in [0.15, 0.2) is 17.6 Å². The average Bonchev–Trinajstić information content (AvgIpc) is 3.04. The Morgan fingerprint density at radius 1 is 1.19 bits per heavy atom. The van der Waals surface area contributed by atoms with Gasteiger partial charge in [0.25, 0.3) is 11.7 Å².